The van der Waals surface area contributed by atoms with E-state index < -0.39 is 0 Å². The molecule has 1 unspecified atom stereocenters. The topological polar surface area (TPSA) is 55.2 Å². The first-order chi connectivity index (χ1) is 9.33. The third kappa shape index (κ3) is 3.75. The molecule has 106 valence electrons. The first-order valence-electron chi connectivity index (χ1n) is 7.30. The standard InChI is InChI=1S/C13H23N5O/c1-2-17-5-6-19-13(9-17)10-18-8-12(15-16-18)7-14-11-3-4-11/h8,11,13-14H,2-7,9-10H2,1H3. The van der Waals surface area contributed by atoms with Crippen LogP contribution in [0.1, 0.15) is 25.5 Å². The van der Waals surface area contributed by atoms with Crippen molar-refractivity contribution in [3.05, 3.63) is 11.9 Å². The molecule has 0 radical (unpaired) electrons. The highest BCUT2D eigenvalue weighted by Gasteiger charge is 2.22. The fourth-order valence-corrected chi connectivity index (χ4v) is 2.43. The number of likely N-dealkylation sites (N-methyl/N-ethyl adjacent to an activating group) is 1. The molecule has 2 fully saturated rings. The first kappa shape index (κ1) is 13.0. The molecule has 1 saturated heterocycles. The van der Waals surface area contributed by atoms with Crippen molar-refractivity contribution in [2.45, 2.75) is 45.0 Å². The van der Waals surface area contributed by atoms with E-state index in [2.05, 4.69) is 27.5 Å². The molecule has 1 atom stereocenters. The number of rotatable bonds is 6. The highest BCUT2D eigenvalue weighted by atomic mass is 16.5. The molecule has 1 aromatic heterocycles. The maximum absolute atomic E-state index is 5.79. The van der Waals surface area contributed by atoms with Crippen molar-refractivity contribution >= 4 is 0 Å². The SMILES string of the molecule is CCN1CCOC(Cn2cc(CNC3CC3)nn2)C1. The minimum Gasteiger partial charge on any atom is -0.374 e. The second kappa shape index (κ2) is 5.98. The van der Waals surface area contributed by atoms with Crippen LogP contribution in [0.15, 0.2) is 6.20 Å². The maximum Gasteiger partial charge on any atom is 0.0964 e. The quantitative estimate of drug-likeness (QED) is 0.799. The van der Waals surface area contributed by atoms with E-state index in [1.807, 2.05) is 10.9 Å². The summed E-state index contributed by atoms with van der Waals surface area (Å²) in [4.78, 5) is 2.42. The monoisotopic (exact) mass is 265 g/mol. The van der Waals surface area contributed by atoms with Crippen molar-refractivity contribution in [2.24, 2.45) is 0 Å². The van der Waals surface area contributed by atoms with Gasteiger partial charge in [0.15, 0.2) is 0 Å². The molecule has 0 aromatic carbocycles. The van der Waals surface area contributed by atoms with E-state index in [1.54, 1.807) is 0 Å². The fourth-order valence-electron chi connectivity index (χ4n) is 2.43. The zero-order chi connectivity index (χ0) is 13.1. The van der Waals surface area contributed by atoms with E-state index in [0.717, 1.165) is 45.0 Å². The van der Waals surface area contributed by atoms with E-state index >= 15 is 0 Å². The van der Waals surface area contributed by atoms with E-state index in [0.29, 0.717) is 6.04 Å². The van der Waals surface area contributed by atoms with Crippen molar-refractivity contribution in [1.29, 1.82) is 0 Å². The van der Waals surface area contributed by atoms with Gasteiger partial charge >= 0.3 is 0 Å². The largest absolute Gasteiger partial charge is 0.374 e. The predicted octanol–water partition coefficient (Wildman–Crippen LogP) is 0.251. The Labute approximate surface area is 114 Å². The molecule has 6 heteroatoms. The van der Waals surface area contributed by atoms with Crippen LogP contribution in [0.25, 0.3) is 0 Å². The van der Waals surface area contributed by atoms with Gasteiger partial charge in [-0.3, -0.25) is 4.90 Å². The highest BCUT2D eigenvalue weighted by Crippen LogP contribution is 2.18. The van der Waals surface area contributed by atoms with Gasteiger partial charge in [-0.05, 0) is 19.4 Å². The fraction of sp³-hybridized carbons (Fsp3) is 0.846. The van der Waals surface area contributed by atoms with Crippen LogP contribution in [0, 0.1) is 0 Å². The van der Waals surface area contributed by atoms with Gasteiger partial charge in [-0.15, -0.1) is 5.10 Å². The van der Waals surface area contributed by atoms with Crippen LogP contribution < -0.4 is 5.32 Å². The lowest BCUT2D eigenvalue weighted by Crippen LogP contribution is -2.44. The van der Waals surface area contributed by atoms with Crippen LogP contribution in [-0.4, -0.2) is 58.3 Å². The molecule has 19 heavy (non-hydrogen) atoms. The van der Waals surface area contributed by atoms with Crippen LogP contribution in [-0.2, 0) is 17.8 Å². The van der Waals surface area contributed by atoms with E-state index in [4.69, 9.17) is 4.74 Å². The van der Waals surface area contributed by atoms with Gasteiger partial charge in [-0.25, -0.2) is 4.68 Å². The van der Waals surface area contributed by atoms with Crippen molar-refractivity contribution < 1.29 is 4.74 Å². The van der Waals surface area contributed by atoms with Crippen LogP contribution >= 0.6 is 0 Å². The molecule has 1 aliphatic carbocycles. The second-order valence-corrected chi connectivity index (χ2v) is 5.47. The molecule has 1 saturated carbocycles. The molecule has 6 nitrogen and oxygen atoms in total. The molecule has 0 bridgehead atoms. The van der Waals surface area contributed by atoms with E-state index in [9.17, 15) is 0 Å². The average molecular weight is 265 g/mol. The van der Waals surface area contributed by atoms with Gasteiger partial charge in [0.1, 0.15) is 0 Å². The number of nitrogens with zero attached hydrogens (tertiary/aromatic N) is 4. The van der Waals surface area contributed by atoms with Gasteiger partial charge in [0.25, 0.3) is 0 Å². The summed E-state index contributed by atoms with van der Waals surface area (Å²) in [5, 5.41) is 11.8. The molecule has 1 aromatic rings. The summed E-state index contributed by atoms with van der Waals surface area (Å²) in [5.74, 6) is 0. The normalized spacial score (nSPS) is 24.8. The molecule has 2 heterocycles. The zero-order valence-electron chi connectivity index (χ0n) is 11.6. The van der Waals surface area contributed by atoms with Gasteiger partial charge in [0.2, 0.25) is 0 Å². The van der Waals surface area contributed by atoms with Crippen molar-refractivity contribution in [3.8, 4) is 0 Å². The molecular formula is C13H23N5O. The first-order valence-corrected chi connectivity index (χ1v) is 7.30. The molecule has 1 aliphatic heterocycles. The molecule has 3 rings (SSSR count). The van der Waals surface area contributed by atoms with Gasteiger partial charge in [0.05, 0.1) is 24.9 Å². The summed E-state index contributed by atoms with van der Waals surface area (Å²) in [7, 11) is 0. The number of aromatic nitrogens is 3. The molecule has 0 amide bonds. The molecule has 2 aliphatic rings. The third-order valence-electron chi connectivity index (χ3n) is 3.80. The van der Waals surface area contributed by atoms with Gasteiger partial charge < -0.3 is 10.1 Å². The molecular weight excluding hydrogens is 242 g/mol. The number of morpholine rings is 1. The summed E-state index contributed by atoms with van der Waals surface area (Å²) < 4.78 is 7.70. The Morgan fingerprint density at radius 1 is 1.47 bits per heavy atom. The zero-order valence-corrected chi connectivity index (χ0v) is 11.6. The van der Waals surface area contributed by atoms with Crippen molar-refractivity contribution in [2.75, 3.05) is 26.2 Å². The van der Waals surface area contributed by atoms with E-state index in [1.165, 1.54) is 12.8 Å². The van der Waals surface area contributed by atoms with Gasteiger partial charge in [-0.2, -0.15) is 0 Å². The minimum absolute atomic E-state index is 0.236. The summed E-state index contributed by atoms with van der Waals surface area (Å²) in [6.45, 7) is 7.77. The maximum atomic E-state index is 5.79. The minimum atomic E-state index is 0.236. The van der Waals surface area contributed by atoms with Crippen LogP contribution in [0.5, 0.6) is 0 Å². The Balaban J connectivity index is 1.48. The number of hydrogen-bond acceptors (Lipinski definition) is 5. The Morgan fingerprint density at radius 3 is 3.16 bits per heavy atom. The molecule has 0 spiro atoms. The number of nitrogens with one attached hydrogen (secondary N) is 1. The highest BCUT2D eigenvalue weighted by molar-refractivity contribution is 4.94. The average Bonchev–Trinajstić information content (AvgIpc) is 3.17. The second-order valence-electron chi connectivity index (χ2n) is 5.47. The Kier molecular flexibility index (Phi) is 4.10. The number of hydrogen-bond donors (Lipinski definition) is 1. The van der Waals surface area contributed by atoms with Crippen molar-refractivity contribution in [1.82, 2.24) is 25.2 Å². The smallest absolute Gasteiger partial charge is 0.0964 e. The number of ether oxygens (including phenoxy) is 1. The summed E-state index contributed by atoms with van der Waals surface area (Å²) in [6.07, 6.45) is 4.87. The predicted molar refractivity (Wildman–Crippen MR) is 71.7 cm³/mol. The molecule has 1 N–H and O–H groups in total. The van der Waals surface area contributed by atoms with Gasteiger partial charge in [0, 0.05) is 31.9 Å². The Bertz CT molecular complexity index is 403. The third-order valence-corrected chi connectivity index (χ3v) is 3.80. The van der Waals surface area contributed by atoms with E-state index in [-0.39, 0.29) is 6.10 Å². The lowest BCUT2D eigenvalue weighted by molar-refractivity contribution is -0.0360. The lowest BCUT2D eigenvalue weighted by atomic mass is 10.2. The van der Waals surface area contributed by atoms with Gasteiger partial charge in [-0.1, -0.05) is 12.1 Å². The van der Waals surface area contributed by atoms with Crippen LogP contribution in [0.3, 0.4) is 0 Å². The lowest BCUT2D eigenvalue weighted by Gasteiger charge is -2.31. The van der Waals surface area contributed by atoms with Crippen LogP contribution in [0.4, 0.5) is 0 Å². The van der Waals surface area contributed by atoms with Crippen LogP contribution in [0.2, 0.25) is 0 Å². The summed E-state index contributed by atoms with van der Waals surface area (Å²) in [5.41, 5.74) is 1.02. The Morgan fingerprint density at radius 2 is 2.37 bits per heavy atom. The summed E-state index contributed by atoms with van der Waals surface area (Å²) in [6, 6.07) is 0.713. The Hall–Kier alpha value is -0.980. The summed E-state index contributed by atoms with van der Waals surface area (Å²) >= 11 is 0. The van der Waals surface area contributed by atoms with Crippen molar-refractivity contribution in [3.63, 3.8) is 0 Å².